The van der Waals surface area contributed by atoms with E-state index in [4.69, 9.17) is 4.74 Å². The van der Waals surface area contributed by atoms with Crippen molar-refractivity contribution in [1.29, 1.82) is 0 Å². The van der Waals surface area contributed by atoms with Gasteiger partial charge in [-0.1, -0.05) is 20.3 Å². The maximum absolute atomic E-state index is 9.75. The Balaban J connectivity index is 2.18. The molecule has 0 aromatic carbocycles. The van der Waals surface area contributed by atoms with Crippen LogP contribution in [0.2, 0.25) is 0 Å². The van der Waals surface area contributed by atoms with Crippen LogP contribution in [-0.4, -0.2) is 40.7 Å². The van der Waals surface area contributed by atoms with Gasteiger partial charge < -0.3 is 15.2 Å². The summed E-state index contributed by atoms with van der Waals surface area (Å²) < 4.78 is 7.21. The van der Waals surface area contributed by atoms with Gasteiger partial charge >= 0.3 is 0 Å². The molecule has 1 heterocycles. The van der Waals surface area contributed by atoms with E-state index in [-0.39, 0.29) is 0 Å². The second kappa shape index (κ2) is 9.07. The van der Waals surface area contributed by atoms with Crippen LogP contribution in [-0.2, 0) is 24.8 Å². The average Bonchev–Trinajstić information content (AvgIpc) is 2.75. The Kier molecular flexibility index (Phi) is 7.70. The molecule has 2 N–H and O–H groups in total. The number of unbranched alkanes of at least 4 members (excludes halogenated alkanes) is 1. The number of nitrogens with one attached hydrogen (secondary N) is 1. The fraction of sp³-hybridized carbons (Fsp3) is 0.786. The zero-order chi connectivity index (χ0) is 14.1. The summed E-state index contributed by atoms with van der Waals surface area (Å²) in [6.07, 6.45) is 4.68. The molecule has 19 heavy (non-hydrogen) atoms. The van der Waals surface area contributed by atoms with Crippen molar-refractivity contribution in [3.05, 3.63) is 17.5 Å². The first kappa shape index (κ1) is 16.1. The summed E-state index contributed by atoms with van der Waals surface area (Å²) in [6, 6.07) is 0. The van der Waals surface area contributed by atoms with Gasteiger partial charge in [0.25, 0.3) is 0 Å². The molecule has 0 spiro atoms. The molecule has 1 atom stereocenters. The summed E-state index contributed by atoms with van der Waals surface area (Å²) in [5, 5.41) is 17.4. The standard InChI is InChI=1S/C14H27N3O2/c1-4-6-7-19-11-13(18)9-15-8-12-10-17(3)16-14(12)5-2/h10,13,15,18H,4-9,11H2,1-3H3. The normalized spacial score (nSPS) is 12.8. The van der Waals surface area contributed by atoms with Crippen LogP contribution < -0.4 is 5.32 Å². The summed E-state index contributed by atoms with van der Waals surface area (Å²) in [6.45, 7) is 6.65. The van der Waals surface area contributed by atoms with Crippen LogP contribution in [0.25, 0.3) is 0 Å². The zero-order valence-electron chi connectivity index (χ0n) is 12.4. The van der Waals surface area contributed by atoms with Crippen LogP contribution in [0.3, 0.4) is 0 Å². The Bertz CT molecular complexity index is 352. The Morgan fingerprint density at radius 2 is 2.26 bits per heavy atom. The first-order valence-electron chi connectivity index (χ1n) is 7.15. The van der Waals surface area contributed by atoms with Gasteiger partial charge in [-0.3, -0.25) is 4.68 Å². The van der Waals surface area contributed by atoms with Crippen molar-refractivity contribution >= 4 is 0 Å². The third-order valence-electron chi connectivity index (χ3n) is 2.97. The van der Waals surface area contributed by atoms with E-state index in [0.717, 1.165) is 38.1 Å². The highest BCUT2D eigenvalue weighted by molar-refractivity contribution is 5.16. The number of aliphatic hydroxyl groups excluding tert-OH is 1. The quantitative estimate of drug-likeness (QED) is 0.628. The van der Waals surface area contributed by atoms with Gasteiger partial charge in [0.1, 0.15) is 0 Å². The van der Waals surface area contributed by atoms with E-state index >= 15 is 0 Å². The molecule has 0 fully saturated rings. The Hall–Kier alpha value is -0.910. The molecule has 0 saturated carbocycles. The highest BCUT2D eigenvalue weighted by Gasteiger charge is 2.07. The van der Waals surface area contributed by atoms with Crippen molar-refractivity contribution in [3.8, 4) is 0 Å². The van der Waals surface area contributed by atoms with Crippen LogP contribution in [0.5, 0.6) is 0 Å². The molecule has 0 aliphatic rings. The Morgan fingerprint density at radius 1 is 1.47 bits per heavy atom. The third-order valence-corrected chi connectivity index (χ3v) is 2.97. The molecule has 1 aromatic rings. The van der Waals surface area contributed by atoms with Gasteiger partial charge in [-0.05, 0) is 12.8 Å². The summed E-state index contributed by atoms with van der Waals surface area (Å²) in [5.41, 5.74) is 2.31. The van der Waals surface area contributed by atoms with E-state index in [1.54, 1.807) is 0 Å². The lowest BCUT2D eigenvalue weighted by Crippen LogP contribution is -2.30. The molecule has 0 aliphatic heterocycles. The topological polar surface area (TPSA) is 59.3 Å². The number of ether oxygens (including phenoxy) is 1. The molecule has 1 unspecified atom stereocenters. The second-order valence-electron chi connectivity index (χ2n) is 4.84. The average molecular weight is 269 g/mol. The number of nitrogens with zero attached hydrogens (tertiary/aromatic N) is 2. The van der Waals surface area contributed by atoms with Crippen LogP contribution in [0.1, 0.15) is 37.9 Å². The molecule has 5 heteroatoms. The minimum Gasteiger partial charge on any atom is -0.389 e. The number of hydrogen-bond acceptors (Lipinski definition) is 4. The van der Waals surface area contributed by atoms with E-state index in [0.29, 0.717) is 13.2 Å². The van der Waals surface area contributed by atoms with Crippen LogP contribution >= 0.6 is 0 Å². The Labute approximate surface area is 116 Å². The van der Waals surface area contributed by atoms with E-state index in [1.165, 1.54) is 5.56 Å². The highest BCUT2D eigenvalue weighted by Crippen LogP contribution is 2.06. The van der Waals surface area contributed by atoms with Crippen molar-refractivity contribution in [2.45, 2.75) is 45.8 Å². The molecule has 0 bridgehead atoms. The Morgan fingerprint density at radius 3 is 2.95 bits per heavy atom. The van der Waals surface area contributed by atoms with Gasteiger partial charge in [-0.25, -0.2) is 0 Å². The lowest BCUT2D eigenvalue weighted by molar-refractivity contribution is 0.0358. The van der Waals surface area contributed by atoms with E-state index < -0.39 is 6.10 Å². The van der Waals surface area contributed by atoms with Crippen molar-refractivity contribution in [1.82, 2.24) is 15.1 Å². The molecule has 1 rings (SSSR count). The van der Waals surface area contributed by atoms with Crippen molar-refractivity contribution < 1.29 is 9.84 Å². The molecule has 0 aliphatic carbocycles. The predicted octanol–water partition coefficient (Wildman–Crippen LogP) is 1.25. The summed E-state index contributed by atoms with van der Waals surface area (Å²) >= 11 is 0. The van der Waals surface area contributed by atoms with E-state index in [9.17, 15) is 5.11 Å². The maximum atomic E-state index is 9.75. The molecule has 1 aromatic heterocycles. The SMILES string of the molecule is CCCCOCC(O)CNCc1cn(C)nc1CC. The fourth-order valence-electron chi connectivity index (χ4n) is 1.93. The minimum absolute atomic E-state index is 0.403. The van der Waals surface area contributed by atoms with Gasteiger partial charge in [0.15, 0.2) is 0 Å². The molecule has 0 radical (unpaired) electrons. The van der Waals surface area contributed by atoms with Crippen molar-refractivity contribution in [2.75, 3.05) is 19.8 Å². The monoisotopic (exact) mass is 269 g/mol. The smallest absolute Gasteiger partial charge is 0.0897 e. The van der Waals surface area contributed by atoms with E-state index in [2.05, 4.69) is 24.3 Å². The van der Waals surface area contributed by atoms with Crippen molar-refractivity contribution in [3.63, 3.8) is 0 Å². The fourth-order valence-corrected chi connectivity index (χ4v) is 1.93. The maximum Gasteiger partial charge on any atom is 0.0897 e. The number of aryl methyl sites for hydroxylation is 2. The third kappa shape index (κ3) is 6.18. The number of aliphatic hydroxyl groups is 1. The molecule has 110 valence electrons. The second-order valence-corrected chi connectivity index (χ2v) is 4.84. The van der Waals surface area contributed by atoms with Crippen LogP contribution in [0.15, 0.2) is 6.20 Å². The summed E-state index contributed by atoms with van der Waals surface area (Å²) in [4.78, 5) is 0. The first-order valence-corrected chi connectivity index (χ1v) is 7.15. The molecular weight excluding hydrogens is 242 g/mol. The largest absolute Gasteiger partial charge is 0.389 e. The molecule has 0 amide bonds. The number of hydrogen-bond donors (Lipinski definition) is 2. The number of rotatable bonds is 10. The minimum atomic E-state index is -0.446. The van der Waals surface area contributed by atoms with Gasteiger partial charge in [0.05, 0.1) is 18.4 Å². The van der Waals surface area contributed by atoms with Crippen LogP contribution in [0, 0.1) is 0 Å². The first-order chi connectivity index (χ1) is 9.17. The summed E-state index contributed by atoms with van der Waals surface area (Å²) in [7, 11) is 1.93. The highest BCUT2D eigenvalue weighted by atomic mass is 16.5. The van der Waals surface area contributed by atoms with E-state index in [1.807, 2.05) is 17.9 Å². The molecule has 0 saturated heterocycles. The van der Waals surface area contributed by atoms with Gasteiger partial charge in [-0.2, -0.15) is 5.10 Å². The summed E-state index contributed by atoms with van der Waals surface area (Å²) in [5.74, 6) is 0. The predicted molar refractivity (Wildman–Crippen MR) is 76.0 cm³/mol. The lowest BCUT2D eigenvalue weighted by atomic mass is 10.2. The lowest BCUT2D eigenvalue weighted by Gasteiger charge is -2.12. The van der Waals surface area contributed by atoms with Gasteiger partial charge in [0.2, 0.25) is 0 Å². The van der Waals surface area contributed by atoms with Crippen LogP contribution in [0.4, 0.5) is 0 Å². The van der Waals surface area contributed by atoms with Crippen molar-refractivity contribution in [2.24, 2.45) is 7.05 Å². The molecular formula is C14H27N3O2. The zero-order valence-corrected chi connectivity index (χ0v) is 12.4. The number of aromatic nitrogens is 2. The van der Waals surface area contributed by atoms with Gasteiger partial charge in [-0.15, -0.1) is 0 Å². The van der Waals surface area contributed by atoms with Gasteiger partial charge in [0, 0.05) is 38.5 Å². The molecule has 5 nitrogen and oxygen atoms in total.